The summed E-state index contributed by atoms with van der Waals surface area (Å²) in [4.78, 5) is 0. The number of nitrogens with two attached hydrogens (primary N) is 1. The predicted molar refractivity (Wildman–Crippen MR) is 61.7 cm³/mol. The molecule has 0 saturated heterocycles. The Morgan fingerprint density at radius 2 is 1.93 bits per heavy atom. The fraction of sp³-hybridized carbons (Fsp3) is 0.778. The number of hydrogen-bond acceptors (Lipinski definition) is 5. The van der Waals surface area contributed by atoms with Gasteiger partial charge in [0.1, 0.15) is 0 Å². The van der Waals surface area contributed by atoms with Crippen molar-refractivity contribution in [1.82, 2.24) is 5.32 Å². The summed E-state index contributed by atoms with van der Waals surface area (Å²) in [6, 6.07) is 0. The van der Waals surface area contributed by atoms with Gasteiger partial charge >= 0.3 is 7.60 Å². The molecule has 0 saturated carbocycles. The molecule has 90 valence electrons. The highest BCUT2D eigenvalue weighted by Crippen LogP contribution is 2.50. The Balaban J connectivity index is 4.42. The summed E-state index contributed by atoms with van der Waals surface area (Å²) in [5, 5.41) is 3.01. The molecule has 0 aliphatic heterocycles. The van der Waals surface area contributed by atoms with Gasteiger partial charge in [-0.2, -0.15) is 0 Å². The second-order valence-electron chi connectivity index (χ2n) is 2.90. The average Bonchev–Trinajstić information content (AvgIpc) is 2.15. The first-order chi connectivity index (χ1) is 7.08. The van der Waals surface area contributed by atoms with Gasteiger partial charge in [-0.25, -0.2) is 0 Å². The molecule has 0 aromatic carbocycles. The quantitative estimate of drug-likeness (QED) is 0.627. The molecule has 0 bridgehead atoms. The van der Waals surface area contributed by atoms with Gasteiger partial charge in [0.15, 0.2) is 0 Å². The van der Waals surface area contributed by atoms with Gasteiger partial charge < -0.3 is 20.1 Å². The fourth-order valence-corrected chi connectivity index (χ4v) is 2.53. The van der Waals surface area contributed by atoms with Gasteiger partial charge in [-0.1, -0.05) is 0 Å². The first-order valence-electron chi connectivity index (χ1n) is 5.10. The normalized spacial score (nSPS) is 12.9. The average molecular weight is 236 g/mol. The number of allylic oxidation sites excluding steroid dienone is 1. The van der Waals surface area contributed by atoms with E-state index in [-0.39, 0.29) is 0 Å². The maximum Gasteiger partial charge on any atom is 0.355 e. The van der Waals surface area contributed by atoms with Gasteiger partial charge in [0, 0.05) is 24.6 Å². The van der Waals surface area contributed by atoms with Gasteiger partial charge in [0.25, 0.3) is 0 Å². The molecule has 0 aromatic rings. The molecule has 3 N–H and O–H groups in total. The summed E-state index contributed by atoms with van der Waals surface area (Å²) in [5.41, 5.74) is 6.09. The van der Waals surface area contributed by atoms with Crippen molar-refractivity contribution in [1.29, 1.82) is 0 Å². The maximum absolute atomic E-state index is 12.0. The summed E-state index contributed by atoms with van der Waals surface area (Å²) in [5.74, 6) is 1.50. The summed E-state index contributed by atoms with van der Waals surface area (Å²) in [6.45, 7) is 7.25. The van der Waals surface area contributed by atoms with Crippen molar-refractivity contribution in [2.75, 3.05) is 26.3 Å². The highest BCUT2D eigenvalue weighted by Gasteiger charge is 2.20. The Morgan fingerprint density at radius 3 is 2.33 bits per heavy atom. The molecule has 0 aromatic heterocycles. The van der Waals surface area contributed by atoms with Crippen LogP contribution in [0, 0.1) is 0 Å². The third-order valence-electron chi connectivity index (χ3n) is 1.52. The van der Waals surface area contributed by atoms with E-state index < -0.39 is 7.60 Å². The minimum atomic E-state index is -3.08. The van der Waals surface area contributed by atoms with Crippen molar-refractivity contribution in [2.24, 2.45) is 5.73 Å². The van der Waals surface area contributed by atoms with Crippen molar-refractivity contribution in [3.05, 3.63) is 11.5 Å². The largest absolute Gasteiger partial charge is 0.387 e. The lowest BCUT2D eigenvalue weighted by Gasteiger charge is -2.14. The van der Waals surface area contributed by atoms with Gasteiger partial charge in [-0.05, 0) is 20.8 Å². The van der Waals surface area contributed by atoms with E-state index in [2.05, 4.69) is 5.32 Å². The highest BCUT2D eigenvalue weighted by molar-refractivity contribution is 7.57. The molecule has 0 spiro atoms. The van der Waals surface area contributed by atoms with Crippen molar-refractivity contribution < 1.29 is 13.6 Å². The Hall–Kier alpha value is -0.350. The number of rotatable bonds is 8. The third-order valence-corrected chi connectivity index (χ3v) is 3.46. The van der Waals surface area contributed by atoms with Crippen LogP contribution in [0.2, 0.25) is 0 Å². The van der Waals surface area contributed by atoms with Crippen LogP contribution in [-0.2, 0) is 13.6 Å². The highest BCUT2D eigenvalue weighted by atomic mass is 31.2. The zero-order valence-corrected chi connectivity index (χ0v) is 10.5. The van der Waals surface area contributed by atoms with Crippen molar-refractivity contribution in [3.63, 3.8) is 0 Å². The number of hydrogen-bond donors (Lipinski definition) is 2. The molecular weight excluding hydrogens is 215 g/mol. The lowest BCUT2D eigenvalue weighted by Crippen LogP contribution is -2.20. The molecular formula is C9H21N2O3P. The van der Waals surface area contributed by atoms with Crippen LogP contribution < -0.4 is 11.1 Å². The van der Waals surface area contributed by atoms with Crippen LogP contribution in [0.3, 0.4) is 0 Å². The summed E-state index contributed by atoms with van der Waals surface area (Å²) in [7, 11) is -3.08. The lowest BCUT2D eigenvalue weighted by atomic mass is 10.5. The van der Waals surface area contributed by atoms with Crippen LogP contribution in [0.5, 0.6) is 0 Å². The monoisotopic (exact) mass is 236 g/mol. The topological polar surface area (TPSA) is 73.6 Å². The molecule has 5 nitrogen and oxygen atoms in total. The first kappa shape index (κ1) is 14.6. The van der Waals surface area contributed by atoms with Crippen LogP contribution in [0.25, 0.3) is 0 Å². The van der Waals surface area contributed by atoms with E-state index >= 15 is 0 Å². The Kier molecular flexibility index (Phi) is 7.70. The predicted octanol–water partition coefficient (Wildman–Crippen LogP) is 1.66. The van der Waals surface area contributed by atoms with E-state index in [1.165, 1.54) is 5.82 Å². The molecule has 15 heavy (non-hydrogen) atoms. The third kappa shape index (κ3) is 6.68. The van der Waals surface area contributed by atoms with Gasteiger partial charge in [-0.3, -0.25) is 4.57 Å². The molecule has 0 unspecified atom stereocenters. The van der Waals surface area contributed by atoms with E-state index in [1.807, 2.05) is 0 Å². The minimum absolute atomic E-state index is 0.359. The number of nitrogens with one attached hydrogen (secondary N) is 1. The zero-order chi connectivity index (χ0) is 11.7. The van der Waals surface area contributed by atoms with E-state index in [1.54, 1.807) is 20.8 Å². The molecule has 6 heteroatoms. The maximum atomic E-state index is 12.0. The van der Waals surface area contributed by atoms with E-state index in [9.17, 15) is 4.57 Å². The summed E-state index contributed by atoms with van der Waals surface area (Å²) < 4.78 is 22.2. The van der Waals surface area contributed by atoms with Crippen LogP contribution >= 0.6 is 7.60 Å². The minimum Gasteiger partial charge on any atom is -0.387 e. The summed E-state index contributed by atoms with van der Waals surface area (Å²) >= 11 is 0. The zero-order valence-electron chi connectivity index (χ0n) is 9.66. The molecule has 0 radical (unpaired) electrons. The van der Waals surface area contributed by atoms with Gasteiger partial charge in [0.2, 0.25) is 0 Å². The fourth-order valence-electron chi connectivity index (χ4n) is 1.02. The molecule has 0 aliphatic carbocycles. The van der Waals surface area contributed by atoms with Crippen molar-refractivity contribution in [3.8, 4) is 0 Å². The van der Waals surface area contributed by atoms with Crippen LogP contribution in [0.4, 0.5) is 0 Å². The van der Waals surface area contributed by atoms with Gasteiger partial charge in [-0.15, -0.1) is 0 Å². The lowest BCUT2D eigenvalue weighted by molar-refractivity contribution is 0.228. The SMILES string of the molecule is CCOP(=O)(C=C(C)NCCN)OCC. The second-order valence-corrected chi connectivity index (χ2v) is 4.76. The van der Waals surface area contributed by atoms with Crippen LogP contribution in [-0.4, -0.2) is 26.3 Å². The molecule has 0 heterocycles. The van der Waals surface area contributed by atoms with Gasteiger partial charge in [0.05, 0.1) is 13.2 Å². The van der Waals surface area contributed by atoms with Crippen molar-refractivity contribution >= 4 is 7.60 Å². The summed E-state index contributed by atoms with van der Waals surface area (Å²) in [6.07, 6.45) is 0. The molecule has 0 aliphatic rings. The molecule has 0 fully saturated rings. The second kappa shape index (κ2) is 7.88. The van der Waals surface area contributed by atoms with Crippen molar-refractivity contribution in [2.45, 2.75) is 20.8 Å². The first-order valence-corrected chi connectivity index (χ1v) is 6.71. The standard InChI is InChI=1S/C9H21N2O3P/c1-4-13-15(12,14-5-2)8-9(3)11-7-6-10/h8,11H,4-7,10H2,1-3H3. The van der Waals surface area contributed by atoms with E-state index in [4.69, 9.17) is 14.8 Å². The van der Waals surface area contributed by atoms with Crippen LogP contribution in [0.15, 0.2) is 11.5 Å². The molecule has 0 rings (SSSR count). The molecule has 0 amide bonds. The Bertz CT molecular complexity index is 234. The smallest absolute Gasteiger partial charge is 0.355 e. The Labute approximate surface area is 91.5 Å². The van der Waals surface area contributed by atoms with E-state index in [0.717, 1.165) is 5.70 Å². The van der Waals surface area contributed by atoms with Crippen LogP contribution in [0.1, 0.15) is 20.8 Å². The van der Waals surface area contributed by atoms with E-state index in [0.29, 0.717) is 26.3 Å². The molecule has 0 atom stereocenters. The Morgan fingerprint density at radius 1 is 1.40 bits per heavy atom.